The van der Waals surface area contributed by atoms with Gasteiger partial charge >= 0.3 is 0 Å². The quantitative estimate of drug-likeness (QED) is 0.712. The molecule has 2 aromatic rings. The fourth-order valence-corrected chi connectivity index (χ4v) is 7.84. The molecule has 1 aromatic carbocycles. The van der Waals surface area contributed by atoms with Gasteiger partial charge in [-0.05, 0) is 32.0 Å². The van der Waals surface area contributed by atoms with E-state index in [0.717, 1.165) is 27.6 Å². The molecule has 1 unspecified atom stereocenters. The summed E-state index contributed by atoms with van der Waals surface area (Å²) in [5.74, 6) is 0.757. The van der Waals surface area contributed by atoms with Crippen LogP contribution in [0.3, 0.4) is 0 Å². The van der Waals surface area contributed by atoms with Crippen LogP contribution in [0.5, 0.6) is 0 Å². The molecule has 2 aliphatic rings. The normalized spacial score (nSPS) is 20.3. The highest BCUT2D eigenvalue weighted by molar-refractivity contribution is 7.99. The number of thiophene rings is 1. The fraction of sp³-hybridized carbons (Fsp3) is 0.429. The van der Waals surface area contributed by atoms with Crippen LogP contribution in [-0.4, -0.2) is 55.7 Å². The number of amides is 2. The van der Waals surface area contributed by atoms with Gasteiger partial charge in [0.1, 0.15) is 4.21 Å². The summed E-state index contributed by atoms with van der Waals surface area (Å²) in [6, 6.07) is 9.19. The second-order valence-electron chi connectivity index (χ2n) is 7.78. The summed E-state index contributed by atoms with van der Waals surface area (Å²) in [5, 5.41) is 2.85. The van der Waals surface area contributed by atoms with E-state index < -0.39 is 15.9 Å². The molecule has 0 aliphatic carbocycles. The molecule has 0 spiro atoms. The van der Waals surface area contributed by atoms with E-state index in [-0.39, 0.29) is 22.4 Å². The van der Waals surface area contributed by atoms with Crippen LogP contribution >= 0.6 is 23.1 Å². The summed E-state index contributed by atoms with van der Waals surface area (Å²) in [6.45, 7) is 5.10. The zero-order valence-electron chi connectivity index (χ0n) is 17.5. The Hall–Kier alpha value is -1.88. The number of thioether (sulfide) groups is 1. The third kappa shape index (κ3) is 4.67. The van der Waals surface area contributed by atoms with Crippen molar-refractivity contribution in [2.75, 3.05) is 41.4 Å². The Kier molecular flexibility index (Phi) is 6.43. The lowest BCUT2D eigenvalue weighted by Crippen LogP contribution is -2.37. The van der Waals surface area contributed by atoms with Crippen molar-refractivity contribution < 1.29 is 18.0 Å². The lowest BCUT2D eigenvalue weighted by atomic mass is 10.1. The average Bonchev–Trinajstić information content (AvgIpc) is 3.32. The highest BCUT2D eigenvalue weighted by Crippen LogP contribution is 2.34. The van der Waals surface area contributed by atoms with Gasteiger partial charge < -0.3 is 10.2 Å². The molecule has 0 saturated carbocycles. The number of hydrogen-bond donors (Lipinski definition) is 1. The number of rotatable bonds is 5. The van der Waals surface area contributed by atoms with E-state index in [9.17, 15) is 18.0 Å². The van der Waals surface area contributed by atoms with Crippen molar-refractivity contribution in [3.8, 4) is 0 Å². The van der Waals surface area contributed by atoms with Crippen molar-refractivity contribution in [2.45, 2.75) is 24.5 Å². The van der Waals surface area contributed by atoms with Crippen molar-refractivity contribution in [3.63, 3.8) is 0 Å². The second kappa shape index (κ2) is 8.93. The Morgan fingerprint density at radius 1 is 1.13 bits per heavy atom. The number of hydrogen-bond acceptors (Lipinski definition) is 6. The number of nitrogens with zero attached hydrogens (tertiary/aromatic N) is 2. The summed E-state index contributed by atoms with van der Waals surface area (Å²) in [6.07, 6.45) is 0.138. The lowest BCUT2D eigenvalue weighted by Gasteiger charge is -2.24. The first-order valence-electron chi connectivity index (χ1n) is 10.1. The van der Waals surface area contributed by atoms with Gasteiger partial charge in [0, 0.05) is 48.1 Å². The average molecular weight is 480 g/mol. The van der Waals surface area contributed by atoms with Gasteiger partial charge in [-0.2, -0.15) is 16.1 Å². The minimum atomic E-state index is -3.55. The lowest BCUT2D eigenvalue weighted by molar-refractivity contribution is -0.122. The molecular formula is C21H25N3O4S3. The van der Waals surface area contributed by atoms with Gasteiger partial charge in [0.05, 0.1) is 11.6 Å². The Labute approximate surface area is 190 Å². The van der Waals surface area contributed by atoms with E-state index in [4.69, 9.17) is 0 Å². The van der Waals surface area contributed by atoms with E-state index in [1.54, 1.807) is 29.7 Å². The van der Waals surface area contributed by atoms with Crippen LogP contribution in [0.25, 0.3) is 0 Å². The molecule has 31 heavy (non-hydrogen) atoms. The maximum Gasteiger partial charge on any atom is 0.252 e. The smallest absolute Gasteiger partial charge is 0.252 e. The Balaban J connectivity index is 1.45. The first-order valence-corrected chi connectivity index (χ1v) is 13.5. The largest absolute Gasteiger partial charge is 0.325 e. The Morgan fingerprint density at radius 2 is 1.81 bits per heavy atom. The summed E-state index contributed by atoms with van der Waals surface area (Å²) in [4.78, 5) is 27.7. The van der Waals surface area contributed by atoms with Gasteiger partial charge in [-0.3, -0.25) is 9.59 Å². The predicted octanol–water partition coefficient (Wildman–Crippen LogP) is 3.09. The van der Waals surface area contributed by atoms with E-state index in [1.165, 1.54) is 15.6 Å². The van der Waals surface area contributed by atoms with Crippen LogP contribution in [0, 0.1) is 19.8 Å². The summed E-state index contributed by atoms with van der Waals surface area (Å²) in [7, 11) is -3.55. The third-order valence-electron chi connectivity index (χ3n) is 5.56. The molecule has 2 fully saturated rings. The van der Waals surface area contributed by atoms with E-state index in [2.05, 4.69) is 5.32 Å². The molecule has 0 bridgehead atoms. The Morgan fingerprint density at radius 3 is 2.48 bits per heavy atom. The van der Waals surface area contributed by atoms with Crippen molar-refractivity contribution in [3.05, 3.63) is 40.8 Å². The fourth-order valence-electron chi connectivity index (χ4n) is 3.71. The number of benzene rings is 1. The van der Waals surface area contributed by atoms with Gasteiger partial charge in [0.25, 0.3) is 10.0 Å². The van der Waals surface area contributed by atoms with Gasteiger partial charge in [0.2, 0.25) is 11.8 Å². The van der Waals surface area contributed by atoms with Crippen LogP contribution in [-0.2, 0) is 19.6 Å². The number of sulfonamides is 1. The molecule has 1 N–H and O–H groups in total. The topological polar surface area (TPSA) is 86.8 Å². The van der Waals surface area contributed by atoms with E-state index in [0.29, 0.717) is 25.3 Å². The van der Waals surface area contributed by atoms with E-state index >= 15 is 0 Å². The molecular weight excluding hydrogens is 454 g/mol. The van der Waals surface area contributed by atoms with Gasteiger partial charge in [0.15, 0.2) is 0 Å². The minimum absolute atomic E-state index is 0.0859. The monoisotopic (exact) mass is 479 g/mol. The predicted molar refractivity (Wildman–Crippen MR) is 125 cm³/mol. The SMILES string of the molecule is Cc1ccc(N2CC(C(=O)Nc3cc(S(=O)(=O)N4CCSCC4)sc3C)CC2=O)cc1. The molecule has 166 valence electrons. The highest BCUT2D eigenvalue weighted by atomic mass is 32.2. The van der Waals surface area contributed by atoms with Crippen LogP contribution in [0.2, 0.25) is 0 Å². The third-order valence-corrected chi connectivity index (χ3v) is 9.90. The molecule has 0 radical (unpaired) electrons. The number of anilines is 2. The number of aryl methyl sites for hydroxylation is 2. The first-order chi connectivity index (χ1) is 14.8. The zero-order valence-corrected chi connectivity index (χ0v) is 19.9. The van der Waals surface area contributed by atoms with Crippen LogP contribution in [0.4, 0.5) is 11.4 Å². The minimum Gasteiger partial charge on any atom is -0.325 e. The molecule has 4 rings (SSSR count). The zero-order chi connectivity index (χ0) is 22.2. The van der Waals surface area contributed by atoms with Crippen LogP contribution < -0.4 is 10.2 Å². The van der Waals surface area contributed by atoms with Crippen molar-refractivity contribution >= 4 is 56.3 Å². The standard InChI is InChI=1S/C21H25N3O4S3/c1-14-3-5-17(6-4-14)24-13-16(11-19(24)25)21(26)22-18-12-20(30-15(18)2)31(27,28)23-7-9-29-10-8-23/h3-6,12,16H,7-11,13H2,1-2H3,(H,22,26). The molecule has 2 amide bonds. The number of carbonyl (C=O) groups excluding carboxylic acids is 2. The van der Waals surface area contributed by atoms with Crippen molar-refractivity contribution in [2.24, 2.45) is 5.92 Å². The van der Waals surface area contributed by atoms with Crippen molar-refractivity contribution in [1.82, 2.24) is 4.31 Å². The second-order valence-corrected chi connectivity index (χ2v) is 12.4. The highest BCUT2D eigenvalue weighted by Gasteiger charge is 2.36. The van der Waals surface area contributed by atoms with Crippen molar-refractivity contribution in [1.29, 1.82) is 0 Å². The number of nitrogens with one attached hydrogen (secondary N) is 1. The van der Waals surface area contributed by atoms with Crippen LogP contribution in [0.15, 0.2) is 34.5 Å². The molecule has 1 atom stereocenters. The van der Waals surface area contributed by atoms with Crippen LogP contribution in [0.1, 0.15) is 16.9 Å². The summed E-state index contributed by atoms with van der Waals surface area (Å²) in [5.41, 5.74) is 2.39. The molecule has 2 saturated heterocycles. The maximum atomic E-state index is 12.9. The summed E-state index contributed by atoms with van der Waals surface area (Å²) >= 11 is 2.92. The Bertz CT molecular complexity index is 1090. The molecule has 3 heterocycles. The number of carbonyl (C=O) groups is 2. The van der Waals surface area contributed by atoms with Gasteiger partial charge in [-0.1, -0.05) is 17.7 Å². The molecule has 2 aliphatic heterocycles. The molecule has 10 heteroatoms. The molecule has 7 nitrogen and oxygen atoms in total. The molecule has 1 aromatic heterocycles. The van der Waals surface area contributed by atoms with Gasteiger partial charge in [-0.15, -0.1) is 11.3 Å². The van der Waals surface area contributed by atoms with Gasteiger partial charge in [-0.25, -0.2) is 8.42 Å². The first kappa shape index (κ1) is 22.3. The maximum absolute atomic E-state index is 12.9. The summed E-state index contributed by atoms with van der Waals surface area (Å²) < 4.78 is 27.6. The van der Waals surface area contributed by atoms with E-state index in [1.807, 2.05) is 31.2 Å².